The van der Waals surface area contributed by atoms with Crippen molar-refractivity contribution in [1.29, 1.82) is 0 Å². The Morgan fingerprint density at radius 3 is 2.73 bits per heavy atom. The Labute approximate surface area is 154 Å². The minimum Gasteiger partial charge on any atom is -0.351 e. The molecule has 5 heteroatoms. The van der Waals surface area contributed by atoms with Gasteiger partial charge in [-0.3, -0.25) is 9.59 Å². The SMILES string of the molecule is CCCCCNC(=O)c1cccc(C(=O)N2CCCc3ccccc32)n1. The van der Waals surface area contributed by atoms with Gasteiger partial charge < -0.3 is 10.2 Å². The van der Waals surface area contributed by atoms with Crippen LogP contribution in [-0.2, 0) is 6.42 Å². The highest BCUT2D eigenvalue weighted by Crippen LogP contribution is 2.27. The molecule has 0 bridgehead atoms. The van der Waals surface area contributed by atoms with Crippen LogP contribution < -0.4 is 10.2 Å². The van der Waals surface area contributed by atoms with Crippen LogP contribution in [0.1, 0.15) is 59.1 Å². The Balaban J connectivity index is 1.74. The van der Waals surface area contributed by atoms with Crippen molar-refractivity contribution >= 4 is 17.5 Å². The maximum Gasteiger partial charge on any atom is 0.276 e. The highest BCUT2D eigenvalue weighted by atomic mass is 16.2. The lowest BCUT2D eigenvalue weighted by molar-refractivity contribution is 0.0947. The molecule has 0 atom stereocenters. The number of pyridine rings is 1. The molecule has 0 unspecified atom stereocenters. The molecule has 5 nitrogen and oxygen atoms in total. The number of carbonyl (C=O) groups is 2. The van der Waals surface area contributed by atoms with Crippen LogP contribution >= 0.6 is 0 Å². The zero-order valence-corrected chi connectivity index (χ0v) is 15.2. The lowest BCUT2D eigenvalue weighted by Gasteiger charge is -2.29. The van der Waals surface area contributed by atoms with E-state index in [1.165, 1.54) is 5.56 Å². The van der Waals surface area contributed by atoms with E-state index in [1.54, 1.807) is 23.1 Å². The molecular formula is C21H25N3O2. The zero-order valence-electron chi connectivity index (χ0n) is 15.2. The van der Waals surface area contributed by atoms with E-state index < -0.39 is 0 Å². The third-order valence-electron chi connectivity index (χ3n) is 4.62. The number of nitrogens with zero attached hydrogens (tertiary/aromatic N) is 2. The summed E-state index contributed by atoms with van der Waals surface area (Å²) in [5, 5.41) is 2.87. The molecule has 1 N–H and O–H groups in total. The maximum absolute atomic E-state index is 13.0. The van der Waals surface area contributed by atoms with Crippen molar-refractivity contribution in [2.45, 2.75) is 39.0 Å². The van der Waals surface area contributed by atoms with Crippen molar-refractivity contribution in [3.05, 3.63) is 59.4 Å². The van der Waals surface area contributed by atoms with Gasteiger partial charge in [-0.2, -0.15) is 0 Å². The highest BCUT2D eigenvalue weighted by molar-refractivity contribution is 6.06. The summed E-state index contributed by atoms with van der Waals surface area (Å²) in [4.78, 5) is 31.3. The summed E-state index contributed by atoms with van der Waals surface area (Å²) in [6, 6.07) is 13.0. The first-order valence-electron chi connectivity index (χ1n) is 9.35. The summed E-state index contributed by atoms with van der Waals surface area (Å²) in [5.41, 5.74) is 2.72. The molecule has 1 aromatic heterocycles. The number of amides is 2. The van der Waals surface area contributed by atoms with Crippen molar-refractivity contribution in [2.75, 3.05) is 18.0 Å². The average Bonchev–Trinajstić information content (AvgIpc) is 2.70. The molecule has 3 rings (SSSR count). The van der Waals surface area contributed by atoms with Crippen LogP contribution in [0.4, 0.5) is 5.69 Å². The second-order valence-corrected chi connectivity index (χ2v) is 6.56. The number of fused-ring (bicyclic) bond motifs is 1. The predicted octanol–water partition coefficient (Wildman–Crippen LogP) is 3.59. The zero-order chi connectivity index (χ0) is 18.4. The first-order valence-corrected chi connectivity index (χ1v) is 9.35. The van der Waals surface area contributed by atoms with Crippen LogP contribution in [0.2, 0.25) is 0 Å². The highest BCUT2D eigenvalue weighted by Gasteiger charge is 2.24. The van der Waals surface area contributed by atoms with Crippen LogP contribution in [0, 0.1) is 0 Å². The van der Waals surface area contributed by atoms with Crippen molar-refractivity contribution < 1.29 is 9.59 Å². The summed E-state index contributed by atoms with van der Waals surface area (Å²) >= 11 is 0. The molecule has 1 aliphatic heterocycles. The lowest BCUT2D eigenvalue weighted by atomic mass is 10.0. The molecule has 0 saturated heterocycles. The van der Waals surface area contributed by atoms with E-state index in [9.17, 15) is 9.59 Å². The molecular weight excluding hydrogens is 326 g/mol. The fourth-order valence-electron chi connectivity index (χ4n) is 3.23. The molecule has 0 saturated carbocycles. The van der Waals surface area contributed by atoms with Gasteiger partial charge in [0.25, 0.3) is 11.8 Å². The standard InChI is InChI=1S/C21H25N3O2/c1-2-3-6-14-22-20(25)17-11-7-12-18(23-17)21(26)24-15-8-10-16-9-4-5-13-19(16)24/h4-5,7,9,11-13H,2-3,6,8,10,14-15H2,1H3,(H,22,25). The molecule has 2 amide bonds. The van der Waals surface area contributed by atoms with Crippen LogP contribution in [0.25, 0.3) is 0 Å². The van der Waals surface area contributed by atoms with E-state index in [0.29, 0.717) is 18.8 Å². The summed E-state index contributed by atoms with van der Waals surface area (Å²) < 4.78 is 0. The Morgan fingerprint density at radius 1 is 1.08 bits per heavy atom. The Morgan fingerprint density at radius 2 is 1.88 bits per heavy atom. The average molecular weight is 351 g/mol. The number of aromatic nitrogens is 1. The van der Waals surface area contributed by atoms with E-state index in [0.717, 1.165) is 37.8 Å². The van der Waals surface area contributed by atoms with Gasteiger partial charge in [0, 0.05) is 18.8 Å². The molecule has 136 valence electrons. The number of anilines is 1. The normalized spacial score (nSPS) is 13.2. The number of para-hydroxylation sites is 1. The fourth-order valence-corrected chi connectivity index (χ4v) is 3.23. The number of nitrogens with one attached hydrogen (secondary N) is 1. The molecule has 0 spiro atoms. The number of rotatable bonds is 6. The molecule has 0 aliphatic carbocycles. The topological polar surface area (TPSA) is 62.3 Å². The second kappa shape index (κ2) is 8.61. The monoisotopic (exact) mass is 351 g/mol. The number of hydrogen-bond donors (Lipinski definition) is 1. The summed E-state index contributed by atoms with van der Waals surface area (Å²) in [5.74, 6) is -0.382. The number of hydrogen-bond acceptors (Lipinski definition) is 3. The quantitative estimate of drug-likeness (QED) is 0.809. The van der Waals surface area contributed by atoms with Crippen molar-refractivity contribution in [3.63, 3.8) is 0 Å². The van der Waals surface area contributed by atoms with Crippen LogP contribution in [-0.4, -0.2) is 29.9 Å². The Kier molecular flexibility index (Phi) is 6.00. The van der Waals surface area contributed by atoms with Gasteiger partial charge in [-0.25, -0.2) is 4.98 Å². The Bertz CT molecular complexity index is 788. The van der Waals surface area contributed by atoms with Crippen molar-refractivity contribution in [2.24, 2.45) is 0 Å². The van der Waals surface area contributed by atoms with Gasteiger partial charge in [0.2, 0.25) is 0 Å². The first kappa shape index (κ1) is 18.1. The largest absolute Gasteiger partial charge is 0.351 e. The van der Waals surface area contributed by atoms with Gasteiger partial charge >= 0.3 is 0 Å². The third-order valence-corrected chi connectivity index (χ3v) is 4.62. The molecule has 2 heterocycles. The molecule has 0 fully saturated rings. The van der Waals surface area contributed by atoms with E-state index in [1.807, 2.05) is 18.2 Å². The van der Waals surface area contributed by atoms with Gasteiger partial charge in [-0.15, -0.1) is 0 Å². The van der Waals surface area contributed by atoms with Crippen LogP contribution in [0.15, 0.2) is 42.5 Å². The van der Waals surface area contributed by atoms with E-state index in [4.69, 9.17) is 0 Å². The van der Waals surface area contributed by atoms with Gasteiger partial charge in [0.1, 0.15) is 11.4 Å². The molecule has 1 aliphatic rings. The molecule has 26 heavy (non-hydrogen) atoms. The van der Waals surface area contributed by atoms with Crippen molar-refractivity contribution in [1.82, 2.24) is 10.3 Å². The summed E-state index contributed by atoms with van der Waals surface area (Å²) in [6.45, 7) is 3.42. The molecule has 1 aromatic carbocycles. The van der Waals surface area contributed by atoms with Gasteiger partial charge in [0.15, 0.2) is 0 Å². The summed E-state index contributed by atoms with van der Waals surface area (Å²) in [7, 11) is 0. The molecule has 0 radical (unpaired) electrons. The first-order chi connectivity index (χ1) is 12.7. The third kappa shape index (κ3) is 4.10. The lowest BCUT2D eigenvalue weighted by Crippen LogP contribution is -2.36. The van der Waals surface area contributed by atoms with E-state index in [2.05, 4.69) is 23.3 Å². The second-order valence-electron chi connectivity index (χ2n) is 6.56. The fraction of sp³-hybridized carbons (Fsp3) is 0.381. The number of benzene rings is 1. The van der Waals surface area contributed by atoms with E-state index in [-0.39, 0.29) is 17.5 Å². The molecule has 2 aromatic rings. The van der Waals surface area contributed by atoms with E-state index >= 15 is 0 Å². The van der Waals surface area contributed by atoms with Gasteiger partial charge in [0.05, 0.1) is 0 Å². The Hall–Kier alpha value is -2.69. The minimum atomic E-state index is -0.227. The maximum atomic E-state index is 13.0. The van der Waals surface area contributed by atoms with Crippen LogP contribution in [0.5, 0.6) is 0 Å². The van der Waals surface area contributed by atoms with Gasteiger partial charge in [-0.1, -0.05) is 44.0 Å². The van der Waals surface area contributed by atoms with Crippen LogP contribution in [0.3, 0.4) is 0 Å². The number of unbranched alkanes of at least 4 members (excludes halogenated alkanes) is 2. The summed E-state index contributed by atoms with van der Waals surface area (Å²) in [6.07, 6.45) is 5.05. The smallest absolute Gasteiger partial charge is 0.276 e. The predicted molar refractivity (Wildman–Crippen MR) is 103 cm³/mol. The van der Waals surface area contributed by atoms with Gasteiger partial charge in [-0.05, 0) is 43.0 Å². The van der Waals surface area contributed by atoms with Crippen molar-refractivity contribution in [3.8, 4) is 0 Å². The number of aryl methyl sites for hydroxylation is 1. The minimum absolute atomic E-state index is 0.155. The number of carbonyl (C=O) groups excluding carboxylic acids is 2.